The molecule has 0 saturated heterocycles. The van der Waals surface area contributed by atoms with Crippen molar-refractivity contribution in [1.29, 1.82) is 0 Å². The minimum Gasteiger partial charge on any atom is -0.493 e. The monoisotopic (exact) mass is 431 g/mol. The number of ether oxygens (including phenoxy) is 3. The lowest BCUT2D eigenvalue weighted by atomic mass is 10.0. The van der Waals surface area contributed by atoms with Crippen molar-refractivity contribution in [2.75, 3.05) is 21.0 Å². The number of non-ortho nitro benzene ring substituents is 1. The summed E-state index contributed by atoms with van der Waals surface area (Å²) in [5.74, 6) is 1.23. The van der Waals surface area contributed by atoms with Crippen molar-refractivity contribution in [3.05, 3.63) is 82.0 Å². The molecule has 4 rings (SSSR count). The molecule has 0 saturated carbocycles. The summed E-state index contributed by atoms with van der Waals surface area (Å²) >= 11 is 0. The molecule has 32 heavy (non-hydrogen) atoms. The van der Waals surface area contributed by atoms with E-state index < -0.39 is 4.92 Å². The Morgan fingerprint density at radius 3 is 2.44 bits per heavy atom. The van der Waals surface area contributed by atoms with E-state index in [4.69, 9.17) is 14.2 Å². The summed E-state index contributed by atoms with van der Waals surface area (Å²) in [6, 6.07) is 18.1. The Bertz CT molecular complexity index is 1280. The van der Waals surface area contributed by atoms with E-state index in [1.165, 1.54) is 12.1 Å². The topological polar surface area (TPSA) is 99.5 Å². The van der Waals surface area contributed by atoms with Crippen LogP contribution in [-0.4, -0.2) is 36.1 Å². The molecule has 0 aliphatic heterocycles. The van der Waals surface area contributed by atoms with Crippen LogP contribution in [0.2, 0.25) is 0 Å². The number of nitrogens with one attached hydrogen (secondary N) is 1. The van der Waals surface area contributed by atoms with Gasteiger partial charge in [0.25, 0.3) is 5.69 Å². The van der Waals surface area contributed by atoms with Crippen LogP contribution < -0.4 is 9.47 Å². The van der Waals surface area contributed by atoms with Crippen molar-refractivity contribution in [3.8, 4) is 22.6 Å². The Balaban J connectivity index is 1.58. The number of H-pyrrole nitrogens is 1. The Morgan fingerprint density at radius 1 is 0.969 bits per heavy atom. The van der Waals surface area contributed by atoms with Crippen molar-refractivity contribution in [3.63, 3.8) is 0 Å². The number of rotatable bonds is 8. The SMILES string of the molecule is COCOc1ccc(-c2ccc3c(C=Cc4ccc([N+](=O)[O-])cc4)n[nH]c3c2)cc1OC. The number of methoxy groups -OCH3 is 2. The van der Waals surface area contributed by atoms with Gasteiger partial charge in [-0.2, -0.15) is 5.10 Å². The molecular formula is C24H21N3O5. The third-order valence-corrected chi connectivity index (χ3v) is 4.96. The lowest BCUT2D eigenvalue weighted by Crippen LogP contribution is -2.00. The minimum atomic E-state index is -0.415. The highest BCUT2D eigenvalue weighted by Gasteiger charge is 2.10. The number of fused-ring (bicyclic) bond motifs is 1. The van der Waals surface area contributed by atoms with Crippen LogP contribution in [0.15, 0.2) is 60.7 Å². The molecule has 0 amide bonds. The second kappa shape index (κ2) is 9.32. The number of nitrogens with zero attached hydrogens (tertiary/aromatic N) is 2. The van der Waals surface area contributed by atoms with E-state index >= 15 is 0 Å². The molecule has 0 spiro atoms. The summed E-state index contributed by atoms with van der Waals surface area (Å²) in [6.07, 6.45) is 3.75. The highest BCUT2D eigenvalue weighted by Crippen LogP contribution is 2.34. The number of hydrogen-bond acceptors (Lipinski definition) is 6. The van der Waals surface area contributed by atoms with Gasteiger partial charge in [-0.3, -0.25) is 15.2 Å². The number of nitro groups is 1. The van der Waals surface area contributed by atoms with Gasteiger partial charge in [0.2, 0.25) is 0 Å². The summed E-state index contributed by atoms with van der Waals surface area (Å²) in [5.41, 5.74) is 4.58. The van der Waals surface area contributed by atoms with Crippen molar-refractivity contribution >= 4 is 28.7 Å². The minimum absolute atomic E-state index is 0.0646. The molecule has 162 valence electrons. The lowest BCUT2D eigenvalue weighted by Gasteiger charge is -2.11. The van der Waals surface area contributed by atoms with Crippen molar-refractivity contribution in [2.45, 2.75) is 0 Å². The molecule has 8 nitrogen and oxygen atoms in total. The Morgan fingerprint density at radius 2 is 1.72 bits per heavy atom. The zero-order valence-electron chi connectivity index (χ0n) is 17.6. The molecule has 0 bridgehead atoms. The number of hydrogen-bond donors (Lipinski definition) is 1. The standard InChI is InChI=1S/C24H21N3O5/c1-30-15-32-23-12-7-18(14-24(23)31-2)17-6-10-20-21(25-26-22(20)13-17)11-5-16-3-8-19(9-4-16)27(28)29/h3-14H,15H2,1-2H3,(H,25,26). The van der Waals surface area contributed by atoms with E-state index in [1.54, 1.807) is 26.4 Å². The van der Waals surface area contributed by atoms with Gasteiger partial charge < -0.3 is 14.2 Å². The van der Waals surface area contributed by atoms with Crippen LogP contribution in [0.25, 0.3) is 34.2 Å². The predicted molar refractivity (Wildman–Crippen MR) is 123 cm³/mol. The Kier molecular flexibility index (Phi) is 6.14. The van der Waals surface area contributed by atoms with Gasteiger partial charge in [0.1, 0.15) is 0 Å². The van der Waals surface area contributed by atoms with Crippen LogP contribution in [0, 0.1) is 10.1 Å². The molecular weight excluding hydrogens is 410 g/mol. The first-order chi connectivity index (χ1) is 15.6. The Hall–Kier alpha value is -4.17. The fourth-order valence-corrected chi connectivity index (χ4v) is 3.32. The highest BCUT2D eigenvalue weighted by atomic mass is 16.7. The molecule has 8 heteroatoms. The van der Waals surface area contributed by atoms with Crippen LogP contribution >= 0.6 is 0 Å². The number of aromatic amines is 1. The number of benzene rings is 3. The van der Waals surface area contributed by atoms with Gasteiger partial charge in [0, 0.05) is 24.6 Å². The van der Waals surface area contributed by atoms with Gasteiger partial charge in [0.05, 0.1) is 23.2 Å². The van der Waals surface area contributed by atoms with E-state index in [1.807, 2.05) is 48.6 Å². The van der Waals surface area contributed by atoms with E-state index in [-0.39, 0.29) is 12.5 Å². The maximum absolute atomic E-state index is 10.8. The Labute approximate surface area is 184 Å². The fraction of sp³-hybridized carbons (Fsp3) is 0.125. The smallest absolute Gasteiger partial charge is 0.269 e. The van der Waals surface area contributed by atoms with E-state index in [2.05, 4.69) is 10.2 Å². The first-order valence-electron chi connectivity index (χ1n) is 9.80. The number of aromatic nitrogens is 2. The number of nitro benzene ring substituents is 1. The van der Waals surface area contributed by atoms with Crippen LogP contribution in [0.5, 0.6) is 11.5 Å². The van der Waals surface area contributed by atoms with Gasteiger partial charge in [-0.25, -0.2) is 0 Å². The van der Waals surface area contributed by atoms with Crippen molar-refractivity contribution in [2.24, 2.45) is 0 Å². The lowest BCUT2D eigenvalue weighted by molar-refractivity contribution is -0.384. The summed E-state index contributed by atoms with van der Waals surface area (Å²) in [5, 5.41) is 19.2. The third kappa shape index (κ3) is 4.45. The molecule has 0 radical (unpaired) electrons. The highest BCUT2D eigenvalue weighted by molar-refractivity contribution is 5.92. The quantitative estimate of drug-likeness (QED) is 0.231. The zero-order chi connectivity index (χ0) is 22.5. The van der Waals surface area contributed by atoms with Crippen LogP contribution in [-0.2, 0) is 4.74 Å². The van der Waals surface area contributed by atoms with E-state index in [0.29, 0.717) is 11.5 Å². The first-order valence-corrected chi connectivity index (χ1v) is 9.80. The third-order valence-electron chi connectivity index (χ3n) is 4.96. The molecule has 0 aliphatic carbocycles. The molecule has 0 fully saturated rings. The van der Waals surface area contributed by atoms with Crippen LogP contribution in [0.3, 0.4) is 0 Å². The average molecular weight is 431 g/mol. The molecule has 0 atom stereocenters. The largest absolute Gasteiger partial charge is 0.493 e. The average Bonchev–Trinajstić information content (AvgIpc) is 3.23. The van der Waals surface area contributed by atoms with Gasteiger partial charge in [0.15, 0.2) is 18.3 Å². The molecule has 4 aromatic rings. The summed E-state index contributed by atoms with van der Waals surface area (Å²) in [7, 11) is 3.16. The summed E-state index contributed by atoms with van der Waals surface area (Å²) < 4.78 is 15.9. The van der Waals surface area contributed by atoms with Crippen molar-refractivity contribution < 1.29 is 19.1 Å². The van der Waals surface area contributed by atoms with Crippen molar-refractivity contribution in [1.82, 2.24) is 10.2 Å². The maximum atomic E-state index is 10.8. The molecule has 0 unspecified atom stereocenters. The summed E-state index contributed by atoms with van der Waals surface area (Å²) in [6.45, 7) is 0.145. The fourth-order valence-electron chi connectivity index (χ4n) is 3.32. The van der Waals surface area contributed by atoms with Gasteiger partial charge >= 0.3 is 0 Å². The van der Waals surface area contributed by atoms with Gasteiger partial charge in [-0.1, -0.05) is 18.2 Å². The van der Waals surface area contributed by atoms with Crippen LogP contribution in [0.4, 0.5) is 5.69 Å². The molecule has 3 aromatic carbocycles. The normalized spacial score (nSPS) is 11.2. The molecule has 1 N–H and O–H groups in total. The maximum Gasteiger partial charge on any atom is 0.269 e. The van der Waals surface area contributed by atoms with E-state index in [9.17, 15) is 10.1 Å². The van der Waals surface area contributed by atoms with Gasteiger partial charge in [-0.05, 0) is 59.2 Å². The second-order valence-corrected chi connectivity index (χ2v) is 6.97. The van der Waals surface area contributed by atoms with Crippen LogP contribution in [0.1, 0.15) is 11.3 Å². The molecule has 0 aliphatic rings. The van der Waals surface area contributed by atoms with Gasteiger partial charge in [-0.15, -0.1) is 0 Å². The first kappa shape index (κ1) is 21.1. The molecule has 1 aromatic heterocycles. The summed E-state index contributed by atoms with van der Waals surface area (Å²) in [4.78, 5) is 10.4. The van der Waals surface area contributed by atoms with E-state index in [0.717, 1.165) is 33.3 Å². The predicted octanol–water partition coefficient (Wildman–Crippen LogP) is 5.30. The second-order valence-electron chi connectivity index (χ2n) is 6.97. The zero-order valence-corrected chi connectivity index (χ0v) is 17.6. The molecule has 1 heterocycles.